The van der Waals surface area contributed by atoms with Crippen molar-refractivity contribution in [3.63, 3.8) is 0 Å². The monoisotopic (exact) mass is 504 g/mol. The van der Waals surface area contributed by atoms with Crippen LogP contribution in [-0.4, -0.2) is 33.8 Å². The van der Waals surface area contributed by atoms with E-state index >= 15 is 0 Å². The number of rotatable bonds is 8. The summed E-state index contributed by atoms with van der Waals surface area (Å²) >= 11 is 0. The van der Waals surface area contributed by atoms with E-state index in [2.05, 4.69) is 64.9 Å². The molecule has 0 aliphatic carbocycles. The quantitative estimate of drug-likeness (QED) is 0.280. The van der Waals surface area contributed by atoms with Crippen LogP contribution in [0.3, 0.4) is 0 Å². The molecule has 0 spiro atoms. The SMILES string of the molecule is CCNC(=NCc1ccccc1Cn1cccn1)NCCc1ccncc1C.I. The van der Waals surface area contributed by atoms with Crippen molar-refractivity contribution in [2.75, 3.05) is 13.1 Å². The van der Waals surface area contributed by atoms with Crippen molar-refractivity contribution in [2.24, 2.45) is 4.99 Å². The molecule has 0 unspecified atom stereocenters. The Morgan fingerprint density at radius 2 is 1.86 bits per heavy atom. The highest BCUT2D eigenvalue weighted by molar-refractivity contribution is 14.0. The molecule has 0 aliphatic heterocycles. The van der Waals surface area contributed by atoms with E-state index < -0.39 is 0 Å². The number of hydrogen-bond acceptors (Lipinski definition) is 3. The zero-order valence-corrected chi connectivity index (χ0v) is 19.3. The summed E-state index contributed by atoms with van der Waals surface area (Å²) in [7, 11) is 0. The normalized spacial score (nSPS) is 11.0. The molecule has 0 saturated heterocycles. The van der Waals surface area contributed by atoms with Gasteiger partial charge in [-0.1, -0.05) is 24.3 Å². The summed E-state index contributed by atoms with van der Waals surface area (Å²) in [6, 6.07) is 12.4. The topological polar surface area (TPSA) is 67.1 Å². The van der Waals surface area contributed by atoms with Crippen molar-refractivity contribution in [1.82, 2.24) is 25.4 Å². The number of halogens is 1. The Balaban J connectivity index is 0.00000300. The molecule has 6 nitrogen and oxygen atoms in total. The van der Waals surface area contributed by atoms with Gasteiger partial charge in [-0.3, -0.25) is 9.67 Å². The fraction of sp³-hybridized carbons (Fsp3) is 0.318. The highest BCUT2D eigenvalue weighted by Crippen LogP contribution is 2.12. The van der Waals surface area contributed by atoms with Crippen LogP contribution in [-0.2, 0) is 19.5 Å². The maximum absolute atomic E-state index is 4.78. The van der Waals surface area contributed by atoms with Gasteiger partial charge in [-0.15, -0.1) is 24.0 Å². The molecule has 154 valence electrons. The Kier molecular flexibility index (Phi) is 9.63. The van der Waals surface area contributed by atoms with Crippen LogP contribution in [0, 0.1) is 6.92 Å². The van der Waals surface area contributed by atoms with Gasteiger partial charge in [0.05, 0.1) is 13.1 Å². The molecule has 0 saturated carbocycles. The molecule has 7 heteroatoms. The first-order valence-corrected chi connectivity index (χ1v) is 9.72. The van der Waals surface area contributed by atoms with E-state index in [9.17, 15) is 0 Å². The molecule has 2 heterocycles. The minimum Gasteiger partial charge on any atom is -0.357 e. The van der Waals surface area contributed by atoms with Crippen LogP contribution in [0.4, 0.5) is 0 Å². The second-order valence-electron chi connectivity index (χ2n) is 6.65. The Labute approximate surface area is 189 Å². The molecular formula is C22H29IN6. The Morgan fingerprint density at radius 3 is 2.59 bits per heavy atom. The second-order valence-corrected chi connectivity index (χ2v) is 6.65. The third kappa shape index (κ3) is 7.16. The maximum Gasteiger partial charge on any atom is 0.191 e. The fourth-order valence-electron chi connectivity index (χ4n) is 3.04. The number of nitrogens with one attached hydrogen (secondary N) is 2. The molecule has 0 atom stereocenters. The summed E-state index contributed by atoms with van der Waals surface area (Å²) in [6.07, 6.45) is 8.48. The third-order valence-electron chi connectivity index (χ3n) is 4.58. The van der Waals surface area contributed by atoms with Gasteiger partial charge in [0.15, 0.2) is 5.96 Å². The first kappa shape index (κ1) is 22.9. The second kappa shape index (κ2) is 12.2. The van der Waals surface area contributed by atoms with Gasteiger partial charge in [-0.25, -0.2) is 4.99 Å². The molecule has 0 bridgehead atoms. The number of hydrogen-bond donors (Lipinski definition) is 2. The van der Waals surface area contributed by atoms with Crippen LogP contribution in [0.15, 0.2) is 66.2 Å². The lowest BCUT2D eigenvalue weighted by Gasteiger charge is -2.13. The standard InChI is InChI=1S/C22H28N6.HI/c1-3-24-22(25-13-10-19-9-12-23-15-18(19)2)26-16-20-7-4-5-8-21(20)17-28-14-6-11-27-28;/h4-9,11-12,14-15H,3,10,13,16-17H2,1-2H3,(H2,24,25,26);1H. The van der Waals surface area contributed by atoms with Crippen molar-refractivity contribution in [3.05, 3.63) is 83.4 Å². The van der Waals surface area contributed by atoms with Gasteiger partial charge in [0.1, 0.15) is 0 Å². The maximum atomic E-state index is 4.78. The number of aliphatic imine (C=N–C) groups is 1. The molecular weight excluding hydrogens is 475 g/mol. The highest BCUT2D eigenvalue weighted by atomic mass is 127. The van der Waals surface area contributed by atoms with Crippen LogP contribution in [0.5, 0.6) is 0 Å². The van der Waals surface area contributed by atoms with Crippen molar-refractivity contribution >= 4 is 29.9 Å². The lowest BCUT2D eigenvalue weighted by Crippen LogP contribution is -2.38. The summed E-state index contributed by atoms with van der Waals surface area (Å²) < 4.78 is 1.93. The molecule has 0 radical (unpaired) electrons. The summed E-state index contributed by atoms with van der Waals surface area (Å²) in [5.41, 5.74) is 4.97. The van der Waals surface area contributed by atoms with Crippen molar-refractivity contribution < 1.29 is 0 Å². The molecule has 0 aliphatic rings. The number of pyridine rings is 1. The Bertz CT molecular complexity index is 892. The van der Waals surface area contributed by atoms with Crippen molar-refractivity contribution in [1.29, 1.82) is 0 Å². The average molecular weight is 504 g/mol. The van der Waals surface area contributed by atoms with Crippen LogP contribution >= 0.6 is 24.0 Å². The molecule has 3 rings (SSSR count). The summed E-state index contributed by atoms with van der Waals surface area (Å²) in [5, 5.41) is 11.1. The van der Waals surface area contributed by atoms with E-state index in [1.54, 1.807) is 6.20 Å². The van der Waals surface area contributed by atoms with Gasteiger partial charge in [-0.2, -0.15) is 5.10 Å². The van der Waals surface area contributed by atoms with Crippen LogP contribution in [0.25, 0.3) is 0 Å². The number of aryl methyl sites for hydroxylation is 1. The molecule has 0 fully saturated rings. The van der Waals surface area contributed by atoms with E-state index in [4.69, 9.17) is 4.99 Å². The summed E-state index contributed by atoms with van der Waals surface area (Å²) in [6.45, 7) is 7.21. The number of benzene rings is 1. The Hall–Kier alpha value is -2.42. The largest absolute Gasteiger partial charge is 0.357 e. The fourth-order valence-corrected chi connectivity index (χ4v) is 3.04. The van der Waals surface area contributed by atoms with E-state index in [1.165, 1.54) is 22.3 Å². The minimum atomic E-state index is 0. The van der Waals surface area contributed by atoms with Crippen LogP contribution < -0.4 is 10.6 Å². The number of guanidine groups is 1. The van der Waals surface area contributed by atoms with E-state index in [1.807, 2.05) is 29.3 Å². The molecule has 3 aromatic rings. The van der Waals surface area contributed by atoms with Gasteiger partial charge in [0, 0.05) is 37.9 Å². The van der Waals surface area contributed by atoms with Crippen LogP contribution in [0.2, 0.25) is 0 Å². The predicted molar refractivity (Wildman–Crippen MR) is 129 cm³/mol. The zero-order chi connectivity index (χ0) is 19.6. The molecule has 2 N–H and O–H groups in total. The smallest absolute Gasteiger partial charge is 0.191 e. The molecule has 29 heavy (non-hydrogen) atoms. The van der Waals surface area contributed by atoms with Crippen molar-refractivity contribution in [2.45, 2.75) is 33.4 Å². The first-order chi connectivity index (χ1) is 13.8. The minimum absolute atomic E-state index is 0. The van der Waals surface area contributed by atoms with E-state index in [0.29, 0.717) is 6.54 Å². The van der Waals surface area contributed by atoms with E-state index in [-0.39, 0.29) is 24.0 Å². The molecule has 2 aromatic heterocycles. The predicted octanol–water partition coefficient (Wildman–Crippen LogP) is 3.55. The molecule has 1 aromatic carbocycles. The number of aromatic nitrogens is 3. The van der Waals surface area contributed by atoms with Crippen molar-refractivity contribution in [3.8, 4) is 0 Å². The average Bonchev–Trinajstić information content (AvgIpc) is 3.22. The molecule has 0 amide bonds. The zero-order valence-electron chi connectivity index (χ0n) is 17.0. The van der Waals surface area contributed by atoms with E-state index in [0.717, 1.165) is 32.0 Å². The van der Waals surface area contributed by atoms with Gasteiger partial charge in [0.25, 0.3) is 0 Å². The van der Waals surface area contributed by atoms with Gasteiger partial charge in [-0.05, 0) is 54.7 Å². The summed E-state index contributed by atoms with van der Waals surface area (Å²) in [5.74, 6) is 0.836. The lowest BCUT2D eigenvalue weighted by molar-refractivity contribution is 0.680. The summed E-state index contributed by atoms with van der Waals surface area (Å²) in [4.78, 5) is 8.93. The first-order valence-electron chi connectivity index (χ1n) is 9.72. The van der Waals surface area contributed by atoms with Crippen LogP contribution in [0.1, 0.15) is 29.2 Å². The lowest BCUT2D eigenvalue weighted by atomic mass is 10.1. The highest BCUT2D eigenvalue weighted by Gasteiger charge is 2.04. The Morgan fingerprint density at radius 1 is 1.03 bits per heavy atom. The van der Waals surface area contributed by atoms with Gasteiger partial charge >= 0.3 is 0 Å². The number of nitrogens with zero attached hydrogens (tertiary/aromatic N) is 4. The van der Waals surface area contributed by atoms with Gasteiger partial charge in [0.2, 0.25) is 0 Å². The third-order valence-corrected chi connectivity index (χ3v) is 4.58. The van der Waals surface area contributed by atoms with Gasteiger partial charge < -0.3 is 10.6 Å².